The number of rotatable bonds is 3. The molecule has 0 fully saturated rings. The van der Waals surface area contributed by atoms with Crippen molar-refractivity contribution in [1.29, 1.82) is 0 Å². The van der Waals surface area contributed by atoms with Crippen LogP contribution in [0.5, 0.6) is 5.75 Å². The highest BCUT2D eigenvalue weighted by molar-refractivity contribution is 9.10. The van der Waals surface area contributed by atoms with E-state index in [9.17, 15) is 0 Å². The van der Waals surface area contributed by atoms with E-state index in [-0.39, 0.29) is 6.04 Å². The molecule has 0 spiro atoms. The van der Waals surface area contributed by atoms with Crippen LogP contribution >= 0.6 is 27.5 Å². The summed E-state index contributed by atoms with van der Waals surface area (Å²) < 4.78 is 6.35. The van der Waals surface area contributed by atoms with Crippen molar-refractivity contribution in [2.24, 2.45) is 11.7 Å². The average Bonchev–Trinajstić information content (AvgIpc) is 2.89. The molecule has 2 nitrogen and oxygen atoms in total. The molecule has 2 N–H and O–H groups in total. The number of methoxy groups -OCH3 is 1. The molecule has 0 saturated carbocycles. The molecular weight excluding hydrogens is 350 g/mol. The maximum Gasteiger partial charge on any atom is 0.137 e. The lowest BCUT2D eigenvalue weighted by Crippen LogP contribution is -2.22. The van der Waals surface area contributed by atoms with Gasteiger partial charge in [-0.25, -0.2) is 0 Å². The van der Waals surface area contributed by atoms with Crippen LogP contribution in [0, 0.1) is 5.92 Å². The van der Waals surface area contributed by atoms with Gasteiger partial charge in [-0.05, 0) is 57.9 Å². The minimum absolute atomic E-state index is 0.0950. The molecule has 2 aromatic carbocycles. The minimum atomic E-state index is -0.0950. The Kier molecular flexibility index (Phi) is 4.25. The number of fused-ring (bicyclic) bond motifs is 1. The number of benzene rings is 2. The summed E-state index contributed by atoms with van der Waals surface area (Å²) in [5, 5.41) is 0.670. The number of nitrogens with two attached hydrogens (primary N) is 1. The standard InChI is InChI=1S/C17H17BrClNO/c1-21-17-14(8-13(19)9-15(17)18)16(20)12-6-10-4-2-3-5-11(10)7-12/h2-5,8-9,12,16H,6-7,20H2,1H3. The first kappa shape index (κ1) is 14.9. The monoisotopic (exact) mass is 365 g/mol. The Labute approximate surface area is 138 Å². The summed E-state index contributed by atoms with van der Waals surface area (Å²) in [6.45, 7) is 0. The topological polar surface area (TPSA) is 35.2 Å². The molecule has 0 bridgehead atoms. The molecule has 1 unspecified atom stereocenters. The van der Waals surface area contributed by atoms with Crippen LogP contribution in [-0.2, 0) is 12.8 Å². The van der Waals surface area contributed by atoms with Crippen molar-refractivity contribution < 1.29 is 4.74 Å². The second-order valence-electron chi connectivity index (χ2n) is 5.47. The maximum atomic E-state index is 6.53. The van der Waals surface area contributed by atoms with E-state index in [2.05, 4.69) is 40.2 Å². The van der Waals surface area contributed by atoms with Crippen molar-refractivity contribution >= 4 is 27.5 Å². The zero-order chi connectivity index (χ0) is 15.0. The van der Waals surface area contributed by atoms with Crippen LogP contribution in [0.4, 0.5) is 0 Å². The smallest absolute Gasteiger partial charge is 0.137 e. The fourth-order valence-electron chi connectivity index (χ4n) is 3.14. The van der Waals surface area contributed by atoms with Crippen molar-refractivity contribution in [3.63, 3.8) is 0 Å². The van der Waals surface area contributed by atoms with Gasteiger partial charge in [0.05, 0.1) is 11.6 Å². The fourth-order valence-corrected chi connectivity index (χ4v) is 4.14. The molecule has 0 amide bonds. The summed E-state index contributed by atoms with van der Waals surface area (Å²) in [6, 6.07) is 12.2. The Balaban J connectivity index is 1.92. The summed E-state index contributed by atoms with van der Waals surface area (Å²) in [5.41, 5.74) is 10.3. The van der Waals surface area contributed by atoms with Gasteiger partial charge in [0.25, 0.3) is 0 Å². The number of halogens is 2. The quantitative estimate of drug-likeness (QED) is 0.866. The first-order valence-corrected chi connectivity index (χ1v) is 8.12. The Bertz CT molecular complexity index is 649. The van der Waals surface area contributed by atoms with E-state index in [1.54, 1.807) is 7.11 Å². The van der Waals surface area contributed by atoms with Gasteiger partial charge in [-0.15, -0.1) is 0 Å². The summed E-state index contributed by atoms with van der Waals surface area (Å²) in [7, 11) is 1.66. The zero-order valence-electron chi connectivity index (χ0n) is 11.8. The molecule has 110 valence electrons. The van der Waals surface area contributed by atoms with Gasteiger partial charge in [-0.2, -0.15) is 0 Å². The number of ether oxygens (including phenoxy) is 1. The van der Waals surface area contributed by atoms with E-state index in [4.69, 9.17) is 22.1 Å². The van der Waals surface area contributed by atoms with Crippen LogP contribution in [0.25, 0.3) is 0 Å². The summed E-state index contributed by atoms with van der Waals surface area (Å²) in [5.74, 6) is 1.16. The highest BCUT2D eigenvalue weighted by Gasteiger charge is 2.29. The molecule has 1 atom stereocenters. The van der Waals surface area contributed by atoms with Crippen LogP contribution in [0.1, 0.15) is 22.7 Å². The molecule has 3 rings (SSSR count). The van der Waals surface area contributed by atoms with Crippen molar-refractivity contribution in [3.8, 4) is 5.75 Å². The van der Waals surface area contributed by atoms with E-state index in [1.807, 2.05) is 12.1 Å². The van der Waals surface area contributed by atoms with Gasteiger partial charge in [0.2, 0.25) is 0 Å². The third kappa shape index (κ3) is 2.83. The molecule has 0 aromatic heterocycles. The number of hydrogen-bond donors (Lipinski definition) is 1. The van der Waals surface area contributed by atoms with Crippen molar-refractivity contribution in [2.45, 2.75) is 18.9 Å². The van der Waals surface area contributed by atoms with Gasteiger partial charge in [0, 0.05) is 16.6 Å². The predicted molar refractivity (Wildman–Crippen MR) is 90.0 cm³/mol. The molecule has 0 aliphatic heterocycles. The lowest BCUT2D eigenvalue weighted by Gasteiger charge is -2.22. The van der Waals surface area contributed by atoms with E-state index >= 15 is 0 Å². The largest absolute Gasteiger partial charge is 0.495 e. The van der Waals surface area contributed by atoms with Crippen LogP contribution in [0.2, 0.25) is 5.02 Å². The molecule has 0 radical (unpaired) electrons. The normalized spacial score (nSPS) is 15.8. The lowest BCUT2D eigenvalue weighted by atomic mass is 9.91. The van der Waals surface area contributed by atoms with Crippen LogP contribution in [0.15, 0.2) is 40.9 Å². The van der Waals surface area contributed by atoms with E-state index in [1.165, 1.54) is 11.1 Å². The zero-order valence-corrected chi connectivity index (χ0v) is 14.1. The Morgan fingerprint density at radius 2 is 1.86 bits per heavy atom. The highest BCUT2D eigenvalue weighted by Crippen LogP contribution is 2.41. The molecule has 4 heteroatoms. The summed E-state index contributed by atoms with van der Waals surface area (Å²) >= 11 is 9.68. The average molecular weight is 367 g/mol. The van der Waals surface area contributed by atoms with Gasteiger partial charge in [0.1, 0.15) is 5.75 Å². The Morgan fingerprint density at radius 1 is 1.24 bits per heavy atom. The Morgan fingerprint density at radius 3 is 2.43 bits per heavy atom. The predicted octanol–water partition coefficient (Wildman–Crippen LogP) is 4.53. The van der Waals surface area contributed by atoms with Crippen LogP contribution in [-0.4, -0.2) is 7.11 Å². The fraction of sp³-hybridized carbons (Fsp3) is 0.294. The SMILES string of the molecule is COc1c(Br)cc(Cl)cc1C(N)C1Cc2ccccc2C1. The van der Waals surface area contributed by atoms with Gasteiger partial charge in [0.15, 0.2) is 0 Å². The van der Waals surface area contributed by atoms with Crippen molar-refractivity contribution in [3.05, 3.63) is 62.6 Å². The van der Waals surface area contributed by atoms with E-state index in [0.717, 1.165) is 28.6 Å². The van der Waals surface area contributed by atoms with Gasteiger partial charge < -0.3 is 10.5 Å². The summed E-state index contributed by atoms with van der Waals surface area (Å²) in [6.07, 6.45) is 2.01. The van der Waals surface area contributed by atoms with Gasteiger partial charge >= 0.3 is 0 Å². The molecular formula is C17H17BrClNO. The maximum absolute atomic E-state index is 6.53. The first-order chi connectivity index (χ1) is 10.1. The molecule has 1 aliphatic carbocycles. The molecule has 2 aromatic rings. The third-order valence-electron chi connectivity index (χ3n) is 4.19. The second-order valence-corrected chi connectivity index (χ2v) is 6.76. The summed E-state index contributed by atoms with van der Waals surface area (Å²) in [4.78, 5) is 0. The van der Waals surface area contributed by atoms with E-state index < -0.39 is 0 Å². The minimum Gasteiger partial charge on any atom is -0.495 e. The number of hydrogen-bond acceptors (Lipinski definition) is 2. The van der Waals surface area contributed by atoms with Gasteiger partial charge in [-0.1, -0.05) is 35.9 Å². The second kappa shape index (κ2) is 5.99. The van der Waals surface area contributed by atoms with E-state index in [0.29, 0.717) is 10.9 Å². The van der Waals surface area contributed by atoms with Crippen molar-refractivity contribution in [1.82, 2.24) is 0 Å². The van der Waals surface area contributed by atoms with Crippen molar-refractivity contribution in [2.75, 3.05) is 7.11 Å². The molecule has 0 saturated heterocycles. The lowest BCUT2D eigenvalue weighted by molar-refractivity contribution is 0.385. The Hall–Kier alpha value is -1.03. The first-order valence-electron chi connectivity index (χ1n) is 6.95. The highest BCUT2D eigenvalue weighted by atomic mass is 79.9. The van der Waals surface area contributed by atoms with Gasteiger partial charge in [-0.3, -0.25) is 0 Å². The van der Waals surface area contributed by atoms with Crippen LogP contribution < -0.4 is 10.5 Å². The molecule has 21 heavy (non-hydrogen) atoms. The molecule has 1 aliphatic rings. The van der Waals surface area contributed by atoms with Crippen LogP contribution in [0.3, 0.4) is 0 Å². The third-order valence-corrected chi connectivity index (χ3v) is 5.00. The molecule has 0 heterocycles.